The van der Waals surface area contributed by atoms with Crippen LogP contribution >= 0.6 is 11.8 Å². The van der Waals surface area contributed by atoms with Crippen LogP contribution in [0.4, 0.5) is 0 Å². The minimum atomic E-state index is -0.841. The van der Waals surface area contributed by atoms with Gasteiger partial charge in [0.25, 0.3) is 5.56 Å². The molecule has 0 amide bonds. The standard InChI is InChI=1S/C11H15N3O3S/c1-12-11(9(16)17)4-2-7(6-11)18-10-13-5-3-8(15)14-10/h3,5,7,12H,2,4,6H2,1H3,(H,16,17)(H,13,14,15). The zero-order valence-electron chi connectivity index (χ0n) is 9.97. The van der Waals surface area contributed by atoms with E-state index in [1.807, 2.05) is 0 Å². The molecule has 2 unspecified atom stereocenters. The number of likely N-dealkylation sites (N-methyl/N-ethyl adjacent to an activating group) is 1. The Labute approximate surface area is 108 Å². The van der Waals surface area contributed by atoms with Crippen molar-refractivity contribution in [3.63, 3.8) is 0 Å². The van der Waals surface area contributed by atoms with Gasteiger partial charge in [-0.25, -0.2) is 4.98 Å². The molecule has 1 aromatic heterocycles. The van der Waals surface area contributed by atoms with E-state index in [2.05, 4.69) is 15.3 Å². The van der Waals surface area contributed by atoms with Crippen molar-refractivity contribution in [1.82, 2.24) is 15.3 Å². The molecule has 6 nitrogen and oxygen atoms in total. The summed E-state index contributed by atoms with van der Waals surface area (Å²) in [6.07, 6.45) is 3.37. The second-order valence-electron chi connectivity index (χ2n) is 4.36. The molecule has 3 N–H and O–H groups in total. The van der Waals surface area contributed by atoms with Crippen molar-refractivity contribution in [3.8, 4) is 0 Å². The maximum Gasteiger partial charge on any atom is 0.323 e. The Bertz CT molecular complexity index is 504. The predicted octanol–water partition coefficient (Wildman–Crippen LogP) is 0.457. The van der Waals surface area contributed by atoms with Crippen LogP contribution in [-0.4, -0.2) is 38.9 Å². The third-order valence-electron chi connectivity index (χ3n) is 3.28. The Balaban J connectivity index is 2.06. The monoisotopic (exact) mass is 269 g/mol. The number of carbonyl (C=O) groups is 1. The fourth-order valence-electron chi connectivity index (χ4n) is 2.20. The lowest BCUT2D eigenvalue weighted by Gasteiger charge is -2.23. The highest BCUT2D eigenvalue weighted by Crippen LogP contribution is 2.38. The molecule has 98 valence electrons. The fraction of sp³-hybridized carbons (Fsp3) is 0.545. The van der Waals surface area contributed by atoms with Crippen LogP contribution in [0.2, 0.25) is 0 Å². The van der Waals surface area contributed by atoms with Gasteiger partial charge in [-0.3, -0.25) is 9.59 Å². The van der Waals surface area contributed by atoms with Crippen LogP contribution in [0.15, 0.2) is 22.2 Å². The Morgan fingerprint density at radius 1 is 1.72 bits per heavy atom. The summed E-state index contributed by atoms with van der Waals surface area (Å²) < 4.78 is 0. The summed E-state index contributed by atoms with van der Waals surface area (Å²) >= 11 is 1.43. The number of rotatable bonds is 4. The first kappa shape index (κ1) is 13.1. The van der Waals surface area contributed by atoms with Crippen LogP contribution in [-0.2, 0) is 4.79 Å². The minimum absolute atomic E-state index is 0.152. The summed E-state index contributed by atoms with van der Waals surface area (Å²) in [5.41, 5.74) is -1.03. The van der Waals surface area contributed by atoms with E-state index in [0.29, 0.717) is 18.0 Å². The quantitative estimate of drug-likeness (QED) is 0.687. The Hall–Kier alpha value is -1.34. The normalized spacial score (nSPS) is 27.3. The highest BCUT2D eigenvalue weighted by Gasteiger charge is 2.44. The van der Waals surface area contributed by atoms with Crippen LogP contribution in [0.3, 0.4) is 0 Å². The summed E-state index contributed by atoms with van der Waals surface area (Å²) in [6, 6.07) is 1.36. The number of nitrogens with one attached hydrogen (secondary N) is 2. The van der Waals surface area contributed by atoms with Crippen molar-refractivity contribution >= 4 is 17.7 Å². The Kier molecular flexibility index (Phi) is 3.72. The number of carboxylic acids is 1. The Morgan fingerprint density at radius 3 is 3.06 bits per heavy atom. The van der Waals surface area contributed by atoms with Gasteiger partial charge in [0.2, 0.25) is 0 Å². The van der Waals surface area contributed by atoms with E-state index in [4.69, 9.17) is 0 Å². The number of nitrogens with zero attached hydrogens (tertiary/aromatic N) is 1. The maximum atomic E-state index is 11.3. The number of aromatic nitrogens is 2. The molecule has 0 aromatic carbocycles. The van der Waals surface area contributed by atoms with Gasteiger partial charge in [0.15, 0.2) is 5.16 Å². The summed E-state index contributed by atoms with van der Waals surface area (Å²) in [6.45, 7) is 0. The van der Waals surface area contributed by atoms with Gasteiger partial charge in [0, 0.05) is 17.5 Å². The molecule has 7 heteroatoms. The summed E-state index contributed by atoms with van der Waals surface area (Å²) in [7, 11) is 1.67. The summed E-state index contributed by atoms with van der Waals surface area (Å²) in [5.74, 6) is -0.817. The smallest absolute Gasteiger partial charge is 0.323 e. The number of H-pyrrole nitrogens is 1. The van der Waals surface area contributed by atoms with E-state index < -0.39 is 11.5 Å². The van der Waals surface area contributed by atoms with E-state index >= 15 is 0 Å². The lowest BCUT2D eigenvalue weighted by molar-refractivity contribution is -0.144. The molecule has 0 saturated heterocycles. The zero-order valence-corrected chi connectivity index (χ0v) is 10.8. The van der Waals surface area contributed by atoms with Crippen LogP contribution in [0, 0.1) is 0 Å². The van der Waals surface area contributed by atoms with Gasteiger partial charge < -0.3 is 15.4 Å². The van der Waals surface area contributed by atoms with Gasteiger partial charge in [-0.2, -0.15) is 0 Å². The van der Waals surface area contributed by atoms with Gasteiger partial charge in [0.1, 0.15) is 5.54 Å². The molecule has 0 bridgehead atoms. The first-order valence-corrected chi connectivity index (χ1v) is 6.58. The third-order valence-corrected chi connectivity index (χ3v) is 4.45. The summed E-state index contributed by atoms with van der Waals surface area (Å²) in [4.78, 5) is 29.1. The van der Waals surface area contributed by atoms with Crippen LogP contribution in [0.25, 0.3) is 0 Å². The number of hydrogen-bond donors (Lipinski definition) is 3. The first-order chi connectivity index (χ1) is 8.55. The molecule has 1 aliphatic rings. The van der Waals surface area contributed by atoms with E-state index in [0.717, 1.165) is 6.42 Å². The molecule has 1 aromatic rings. The molecule has 1 saturated carbocycles. The summed E-state index contributed by atoms with van der Waals surface area (Å²) in [5, 5.41) is 12.8. The minimum Gasteiger partial charge on any atom is -0.480 e. The van der Waals surface area contributed by atoms with Crippen molar-refractivity contribution in [2.75, 3.05) is 7.05 Å². The molecule has 1 heterocycles. The number of aliphatic carboxylic acids is 1. The Morgan fingerprint density at radius 2 is 2.50 bits per heavy atom. The average molecular weight is 269 g/mol. The SMILES string of the molecule is CNC1(C(=O)O)CCC(Sc2nccc(=O)[nH]2)C1. The molecule has 1 aliphatic carbocycles. The zero-order chi connectivity index (χ0) is 13.2. The second kappa shape index (κ2) is 5.11. The lowest BCUT2D eigenvalue weighted by Crippen LogP contribution is -2.48. The predicted molar refractivity (Wildman–Crippen MR) is 67.8 cm³/mol. The number of carboxylic acid groups (broad SMARTS) is 1. The molecule has 0 aliphatic heterocycles. The molecule has 2 rings (SSSR count). The molecule has 0 radical (unpaired) electrons. The van der Waals surface area contributed by atoms with Gasteiger partial charge in [-0.15, -0.1) is 0 Å². The lowest BCUT2D eigenvalue weighted by atomic mass is 9.99. The molecule has 2 atom stereocenters. The van der Waals surface area contributed by atoms with Crippen LogP contribution < -0.4 is 10.9 Å². The number of aromatic amines is 1. The van der Waals surface area contributed by atoms with Gasteiger partial charge in [0.05, 0.1) is 0 Å². The van der Waals surface area contributed by atoms with Crippen LogP contribution in [0.1, 0.15) is 19.3 Å². The molecular weight excluding hydrogens is 254 g/mol. The second-order valence-corrected chi connectivity index (χ2v) is 5.65. The van der Waals surface area contributed by atoms with Crippen LogP contribution in [0.5, 0.6) is 0 Å². The van der Waals surface area contributed by atoms with Crippen molar-refractivity contribution in [3.05, 3.63) is 22.6 Å². The van der Waals surface area contributed by atoms with E-state index in [-0.39, 0.29) is 10.8 Å². The molecule has 0 spiro atoms. The molecule has 1 fully saturated rings. The fourth-order valence-corrected chi connectivity index (χ4v) is 3.40. The topological polar surface area (TPSA) is 95.1 Å². The molecular formula is C11H15N3O3S. The van der Waals surface area contributed by atoms with E-state index in [1.165, 1.54) is 24.0 Å². The van der Waals surface area contributed by atoms with Crippen molar-refractivity contribution in [2.24, 2.45) is 0 Å². The highest BCUT2D eigenvalue weighted by atomic mass is 32.2. The average Bonchev–Trinajstić information content (AvgIpc) is 2.74. The maximum absolute atomic E-state index is 11.3. The molecule has 18 heavy (non-hydrogen) atoms. The van der Waals surface area contributed by atoms with Crippen molar-refractivity contribution in [1.29, 1.82) is 0 Å². The number of hydrogen-bond acceptors (Lipinski definition) is 5. The van der Waals surface area contributed by atoms with Gasteiger partial charge >= 0.3 is 5.97 Å². The van der Waals surface area contributed by atoms with E-state index in [9.17, 15) is 14.7 Å². The van der Waals surface area contributed by atoms with Crippen molar-refractivity contribution in [2.45, 2.75) is 35.2 Å². The van der Waals surface area contributed by atoms with Gasteiger partial charge in [-0.05, 0) is 26.3 Å². The van der Waals surface area contributed by atoms with E-state index in [1.54, 1.807) is 7.05 Å². The largest absolute Gasteiger partial charge is 0.480 e. The number of thioether (sulfide) groups is 1. The highest BCUT2D eigenvalue weighted by molar-refractivity contribution is 7.99. The van der Waals surface area contributed by atoms with Gasteiger partial charge in [-0.1, -0.05) is 11.8 Å². The first-order valence-electron chi connectivity index (χ1n) is 5.70. The van der Waals surface area contributed by atoms with Crippen molar-refractivity contribution < 1.29 is 9.90 Å². The third kappa shape index (κ3) is 2.56.